The Morgan fingerprint density at radius 1 is 1.22 bits per heavy atom. The number of morpholine rings is 1. The zero-order chi connectivity index (χ0) is 18.8. The van der Waals surface area contributed by atoms with Crippen LogP contribution in [0.15, 0.2) is 30.5 Å². The number of benzene rings is 1. The molecule has 1 saturated heterocycles. The van der Waals surface area contributed by atoms with Crippen molar-refractivity contribution in [1.29, 1.82) is 0 Å². The average molecular weight is 387 g/mol. The lowest BCUT2D eigenvalue weighted by Gasteiger charge is -2.28. The van der Waals surface area contributed by atoms with Crippen LogP contribution < -0.4 is 9.64 Å². The lowest BCUT2D eigenvalue weighted by atomic mass is 10.1. The van der Waals surface area contributed by atoms with Crippen molar-refractivity contribution in [2.75, 3.05) is 38.3 Å². The number of alkyl halides is 1. The fourth-order valence-electron chi connectivity index (χ4n) is 3.52. The van der Waals surface area contributed by atoms with Crippen LogP contribution in [-0.2, 0) is 17.0 Å². The SMILES string of the molecule is CCc1c(CCl)nc2c(N3CCOCC3)nc(-c3cccc(OC)c3)cn12. The van der Waals surface area contributed by atoms with E-state index in [1.165, 1.54) is 0 Å². The number of aromatic nitrogens is 3. The maximum absolute atomic E-state index is 6.17. The first-order chi connectivity index (χ1) is 13.2. The highest BCUT2D eigenvalue weighted by molar-refractivity contribution is 6.17. The number of methoxy groups -OCH3 is 1. The molecule has 0 radical (unpaired) electrons. The number of imidazole rings is 1. The first-order valence-corrected chi connectivity index (χ1v) is 9.72. The van der Waals surface area contributed by atoms with Gasteiger partial charge in [-0.05, 0) is 18.6 Å². The normalized spacial score (nSPS) is 14.7. The molecule has 0 spiro atoms. The molecule has 1 aliphatic rings. The highest BCUT2D eigenvalue weighted by atomic mass is 35.5. The molecule has 1 fully saturated rings. The highest BCUT2D eigenvalue weighted by Gasteiger charge is 2.21. The molecule has 3 aromatic rings. The Morgan fingerprint density at radius 2 is 2.04 bits per heavy atom. The zero-order valence-corrected chi connectivity index (χ0v) is 16.4. The van der Waals surface area contributed by atoms with E-state index in [9.17, 15) is 0 Å². The number of halogens is 1. The van der Waals surface area contributed by atoms with Gasteiger partial charge >= 0.3 is 0 Å². The molecule has 142 valence electrons. The number of ether oxygens (including phenoxy) is 2. The molecular formula is C20H23ClN4O2. The van der Waals surface area contributed by atoms with Gasteiger partial charge in [0, 0.05) is 30.5 Å². The zero-order valence-electron chi connectivity index (χ0n) is 15.6. The molecule has 3 heterocycles. The van der Waals surface area contributed by atoms with Crippen LogP contribution in [0.1, 0.15) is 18.3 Å². The minimum atomic E-state index is 0.391. The van der Waals surface area contributed by atoms with Crippen molar-refractivity contribution in [3.8, 4) is 17.0 Å². The summed E-state index contributed by atoms with van der Waals surface area (Å²) in [5.41, 5.74) is 4.79. The van der Waals surface area contributed by atoms with Crippen molar-refractivity contribution < 1.29 is 9.47 Å². The molecule has 0 aliphatic carbocycles. The Balaban J connectivity index is 1.93. The van der Waals surface area contributed by atoms with E-state index in [1.54, 1.807) is 7.11 Å². The van der Waals surface area contributed by atoms with Gasteiger partial charge < -0.3 is 14.4 Å². The van der Waals surface area contributed by atoms with Gasteiger partial charge in [-0.3, -0.25) is 4.40 Å². The number of hydrogen-bond acceptors (Lipinski definition) is 5. The van der Waals surface area contributed by atoms with E-state index in [2.05, 4.69) is 22.4 Å². The second-order valence-electron chi connectivity index (χ2n) is 6.47. The number of aryl methyl sites for hydroxylation is 1. The van der Waals surface area contributed by atoms with Crippen molar-refractivity contribution >= 4 is 23.1 Å². The van der Waals surface area contributed by atoms with Crippen LogP contribution in [0.25, 0.3) is 16.9 Å². The van der Waals surface area contributed by atoms with Crippen molar-refractivity contribution in [3.63, 3.8) is 0 Å². The molecule has 7 heteroatoms. The molecule has 1 aliphatic heterocycles. The van der Waals surface area contributed by atoms with E-state index in [-0.39, 0.29) is 0 Å². The Hall–Kier alpha value is -2.31. The van der Waals surface area contributed by atoms with Gasteiger partial charge in [-0.15, -0.1) is 11.6 Å². The second kappa shape index (κ2) is 7.74. The van der Waals surface area contributed by atoms with E-state index in [0.717, 1.165) is 59.4 Å². The summed E-state index contributed by atoms with van der Waals surface area (Å²) in [7, 11) is 1.67. The molecule has 4 rings (SSSR count). The van der Waals surface area contributed by atoms with Crippen LogP contribution in [0, 0.1) is 0 Å². The molecule has 0 amide bonds. The fourth-order valence-corrected chi connectivity index (χ4v) is 3.73. The summed E-state index contributed by atoms with van der Waals surface area (Å²) in [6.07, 6.45) is 2.91. The van der Waals surface area contributed by atoms with Crippen molar-refractivity contribution in [1.82, 2.24) is 14.4 Å². The van der Waals surface area contributed by atoms with E-state index < -0.39 is 0 Å². The van der Waals surface area contributed by atoms with E-state index >= 15 is 0 Å². The topological polar surface area (TPSA) is 51.9 Å². The van der Waals surface area contributed by atoms with Crippen LogP contribution in [0.4, 0.5) is 5.82 Å². The van der Waals surface area contributed by atoms with Crippen LogP contribution in [0.3, 0.4) is 0 Å². The second-order valence-corrected chi connectivity index (χ2v) is 6.73. The third kappa shape index (κ3) is 3.35. The Kier molecular flexibility index (Phi) is 5.18. The summed E-state index contributed by atoms with van der Waals surface area (Å²) in [6.45, 7) is 5.12. The highest BCUT2D eigenvalue weighted by Crippen LogP contribution is 2.29. The summed E-state index contributed by atoms with van der Waals surface area (Å²) in [4.78, 5) is 12.0. The Labute approximate surface area is 163 Å². The van der Waals surface area contributed by atoms with Gasteiger partial charge in [0.15, 0.2) is 11.5 Å². The van der Waals surface area contributed by atoms with Crippen molar-refractivity contribution in [2.24, 2.45) is 0 Å². The summed E-state index contributed by atoms with van der Waals surface area (Å²) >= 11 is 6.17. The monoisotopic (exact) mass is 386 g/mol. The van der Waals surface area contributed by atoms with Gasteiger partial charge in [-0.25, -0.2) is 9.97 Å². The first kappa shape index (κ1) is 18.1. The molecule has 27 heavy (non-hydrogen) atoms. The molecule has 0 N–H and O–H groups in total. The van der Waals surface area contributed by atoms with Crippen LogP contribution in [0.2, 0.25) is 0 Å². The molecule has 0 saturated carbocycles. The number of anilines is 1. The van der Waals surface area contributed by atoms with Crippen LogP contribution >= 0.6 is 11.6 Å². The molecule has 2 aromatic heterocycles. The van der Waals surface area contributed by atoms with E-state index in [0.29, 0.717) is 19.1 Å². The number of nitrogens with zero attached hydrogens (tertiary/aromatic N) is 4. The smallest absolute Gasteiger partial charge is 0.180 e. The Morgan fingerprint density at radius 3 is 2.74 bits per heavy atom. The molecule has 0 unspecified atom stereocenters. The molecule has 0 bridgehead atoms. The van der Waals surface area contributed by atoms with Gasteiger partial charge in [-0.1, -0.05) is 19.1 Å². The predicted molar refractivity (Wildman–Crippen MR) is 107 cm³/mol. The van der Waals surface area contributed by atoms with Crippen LogP contribution in [-0.4, -0.2) is 47.8 Å². The largest absolute Gasteiger partial charge is 0.497 e. The maximum atomic E-state index is 6.17. The number of hydrogen-bond donors (Lipinski definition) is 0. The quantitative estimate of drug-likeness (QED) is 0.628. The third-order valence-electron chi connectivity index (χ3n) is 4.91. The average Bonchev–Trinajstić information content (AvgIpc) is 3.11. The summed E-state index contributed by atoms with van der Waals surface area (Å²) < 4.78 is 13.0. The van der Waals surface area contributed by atoms with Gasteiger partial charge in [0.1, 0.15) is 5.75 Å². The van der Waals surface area contributed by atoms with Gasteiger partial charge in [0.05, 0.1) is 37.6 Å². The van der Waals surface area contributed by atoms with Gasteiger partial charge in [0.25, 0.3) is 0 Å². The number of rotatable bonds is 5. The Bertz CT molecular complexity index is 951. The maximum Gasteiger partial charge on any atom is 0.180 e. The van der Waals surface area contributed by atoms with Crippen molar-refractivity contribution in [3.05, 3.63) is 41.9 Å². The molecular weight excluding hydrogens is 364 g/mol. The first-order valence-electron chi connectivity index (χ1n) is 9.19. The standard InChI is InChI=1S/C20H23ClN4O2/c1-3-18-16(12-21)22-20-19(24-7-9-27-10-8-24)23-17(13-25(18)20)14-5-4-6-15(11-14)26-2/h4-6,11,13H,3,7-10,12H2,1-2H3. The minimum Gasteiger partial charge on any atom is -0.497 e. The lowest BCUT2D eigenvalue weighted by molar-refractivity contribution is 0.122. The number of fused-ring (bicyclic) bond motifs is 1. The third-order valence-corrected chi connectivity index (χ3v) is 5.16. The summed E-state index contributed by atoms with van der Waals surface area (Å²) in [5, 5.41) is 0. The fraction of sp³-hybridized carbons (Fsp3) is 0.400. The molecule has 1 aromatic carbocycles. The van der Waals surface area contributed by atoms with Crippen LogP contribution in [0.5, 0.6) is 5.75 Å². The van der Waals surface area contributed by atoms with E-state index in [1.807, 2.05) is 24.3 Å². The van der Waals surface area contributed by atoms with Gasteiger partial charge in [-0.2, -0.15) is 0 Å². The van der Waals surface area contributed by atoms with E-state index in [4.69, 9.17) is 31.0 Å². The summed E-state index contributed by atoms with van der Waals surface area (Å²) in [5.74, 6) is 2.08. The van der Waals surface area contributed by atoms with Gasteiger partial charge in [0.2, 0.25) is 0 Å². The predicted octanol–water partition coefficient (Wildman–Crippen LogP) is 3.54. The summed E-state index contributed by atoms with van der Waals surface area (Å²) in [6, 6.07) is 7.96. The molecule has 0 atom stereocenters. The van der Waals surface area contributed by atoms with Crippen molar-refractivity contribution in [2.45, 2.75) is 19.2 Å². The molecule has 6 nitrogen and oxygen atoms in total. The minimum absolute atomic E-state index is 0.391. The lowest BCUT2D eigenvalue weighted by Crippen LogP contribution is -2.37.